The summed E-state index contributed by atoms with van der Waals surface area (Å²) in [7, 11) is 0. The zero-order chi connectivity index (χ0) is 20.0. The number of carboxylic acids is 1. The average Bonchev–Trinajstić information content (AvgIpc) is 2.99. The maximum Gasteiger partial charge on any atom is 0.321 e. The van der Waals surface area contributed by atoms with Crippen molar-refractivity contribution in [3.63, 3.8) is 0 Å². The molecule has 6 nitrogen and oxygen atoms in total. The number of ketones is 1. The third-order valence-corrected chi connectivity index (χ3v) is 4.59. The van der Waals surface area contributed by atoms with Crippen LogP contribution in [-0.2, 0) is 22.6 Å². The van der Waals surface area contributed by atoms with Gasteiger partial charge >= 0.3 is 5.97 Å². The first-order valence-corrected chi connectivity index (χ1v) is 9.36. The molecule has 0 saturated carbocycles. The van der Waals surface area contributed by atoms with Crippen molar-refractivity contribution in [3.8, 4) is 0 Å². The molecule has 7 heteroatoms. The first-order chi connectivity index (χ1) is 12.8. The third kappa shape index (κ3) is 6.48. The summed E-state index contributed by atoms with van der Waals surface area (Å²) in [4.78, 5) is 27.8. The van der Waals surface area contributed by atoms with Crippen molar-refractivity contribution >= 4 is 23.4 Å². The van der Waals surface area contributed by atoms with E-state index in [4.69, 9.17) is 11.6 Å². The number of halogens is 1. The fraction of sp³-hybridized carbons (Fsp3) is 0.450. The van der Waals surface area contributed by atoms with Gasteiger partial charge in [0.15, 0.2) is 0 Å². The Labute approximate surface area is 164 Å². The van der Waals surface area contributed by atoms with Gasteiger partial charge in [0.2, 0.25) is 0 Å². The summed E-state index contributed by atoms with van der Waals surface area (Å²) >= 11 is 6.03. The number of hydrogen-bond donors (Lipinski definition) is 2. The average molecular weight is 392 g/mol. The van der Waals surface area contributed by atoms with E-state index in [1.165, 1.54) is 6.92 Å². The molecule has 0 aliphatic rings. The summed E-state index contributed by atoms with van der Waals surface area (Å²) < 4.78 is 1.90. The van der Waals surface area contributed by atoms with Crippen LogP contribution in [0.5, 0.6) is 0 Å². The quantitative estimate of drug-likeness (QED) is 0.649. The minimum atomic E-state index is -0.986. The van der Waals surface area contributed by atoms with Gasteiger partial charge in [0.05, 0.1) is 12.4 Å². The summed E-state index contributed by atoms with van der Waals surface area (Å²) in [5.41, 5.74) is 1.78. The Hall–Kier alpha value is -2.18. The minimum absolute atomic E-state index is 0.0533. The number of rotatable bonds is 10. The van der Waals surface area contributed by atoms with Crippen LogP contribution in [0.25, 0.3) is 0 Å². The number of hydrogen-bond acceptors (Lipinski definition) is 4. The van der Waals surface area contributed by atoms with Crippen molar-refractivity contribution in [1.82, 2.24) is 14.9 Å². The Balaban J connectivity index is 2.14. The predicted molar refractivity (Wildman–Crippen MR) is 105 cm³/mol. The van der Waals surface area contributed by atoms with Crippen molar-refractivity contribution in [3.05, 3.63) is 53.1 Å². The molecule has 0 bridgehead atoms. The Morgan fingerprint density at radius 3 is 2.63 bits per heavy atom. The first kappa shape index (κ1) is 21.1. The van der Waals surface area contributed by atoms with Crippen LogP contribution < -0.4 is 5.32 Å². The van der Waals surface area contributed by atoms with Gasteiger partial charge in [0.1, 0.15) is 11.8 Å². The van der Waals surface area contributed by atoms with Crippen LogP contribution in [-0.4, -0.2) is 38.5 Å². The molecule has 2 aromatic rings. The largest absolute Gasteiger partial charge is 0.480 e. The number of aromatic nitrogens is 2. The molecule has 0 spiro atoms. The van der Waals surface area contributed by atoms with Gasteiger partial charge in [-0.1, -0.05) is 37.6 Å². The zero-order valence-corrected chi connectivity index (χ0v) is 16.6. The van der Waals surface area contributed by atoms with Crippen molar-refractivity contribution < 1.29 is 14.7 Å². The number of carbonyl (C=O) groups excluding carboxylic acids is 1. The molecule has 1 aromatic heterocycles. The van der Waals surface area contributed by atoms with Crippen LogP contribution in [0.4, 0.5) is 0 Å². The van der Waals surface area contributed by atoms with Crippen molar-refractivity contribution in [2.24, 2.45) is 5.92 Å². The van der Waals surface area contributed by atoms with Crippen LogP contribution >= 0.6 is 11.6 Å². The zero-order valence-electron chi connectivity index (χ0n) is 15.9. The fourth-order valence-corrected chi connectivity index (χ4v) is 3.20. The maximum absolute atomic E-state index is 11.9. The second-order valence-corrected chi connectivity index (χ2v) is 7.63. The summed E-state index contributed by atoms with van der Waals surface area (Å²) in [6, 6.07) is 6.16. The fourth-order valence-electron chi connectivity index (χ4n) is 2.98. The van der Waals surface area contributed by atoms with E-state index in [-0.39, 0.29) is 18.1 Å². The lowest BCUT2D eigenvalue weighted by molar-refractivity contribution is -0.139. The van der Waals surface area contributed by atoms with Crippen molar-refractivity contribution in [2.75, 3.05) is 0 Å². The molecular formula is C20H26ClN3O3. The lowest BCUT2D eigenvalue weighted by Crippen LogP contribution is -2.48. The number of aliphatic carboxylic acids is 1. The lowest BCUT2D eigenvalue weighted by Gasteiger charge is -2.23. The van der Waals surface area contributed by atoms with E-state index in [0.29, 0.717) is 18.0 Å². The van der Waals surface area contributed by atoms with Gasteiger partial charge in [-0.05, 0) is 37.0 Å². The molecule has 0 saturated heterocycles. The van der Waals surface area contributed by atoms with E-state index in [2.05, 4.69) is 10.3 Å². The number of nitrogens with one attached hydrogen (secondary N) is 1. The Morgan fingerprint density at radius 2 is 2.04 bits per heavy atom. The van der Waals surface area contributed by atoms with E-state index >= 15 is 0 Å². The van der Waals surface area contributed by atoms with Gasteiger partial charge in [-0.15, -0.1) is 0 Å². The van der Waals surface area contributed by atoms with Crippen LogP contribution in [0.1, 0.15) is 38.4 Å². The van der Waals surface area contributed by atoms with Crippen LogP contribution in [0.2, 0.25) is 5.02 Å². The van der Waals surface area contributed by atoms with Crippen LogP contribution in [0.15, 0.2) is 36.8 Å². The molecule has 0 fully saturated rings. The number of carbonyl (C=O) groups is 2. The Morgan fingerprint density at radius 1 is 1.30 bits per heavy atom. The van der Waals surface area contributed by atoms with Crippen LogP contribution in [0.3, 0.4) is 0 Å². The molecule has 0 aliphatic heterocycles. The van der Waals surface area contributed by atoms with E-state index in [1.807, 2.05) is 36.6 Å². The van der Waals surface area contributed by atoms with Crippen molar-refractivity contribution in [1.29, 1.82) is 0 Å². The molecule has 2 unspecified atom stereocenters. The van der Waals surface area contributed by atoms with Gasteiger partial charge in [-0.25, -0.2) is 4.98 Å². The monoisotopic (exact) mass is 391 g/mol. The maximum atomic E-state index is 11.9. The number of carboxylic acid groups (broad SMARTS) is 1. The highest BCUT2D eigenvalue weighted by Crippen LogP contribution is 2.14. The van der Waals surface area contributed by atoms with Crippen molar-refractivity contribution in [2.45, 2.75) is 52.2 Å². The number of benzene rings is 1. The van der Waals surface area contributed by atoms with Gasteiger partial charge in [0.25, 0.3) is 0 Å². The van der Waals surface area contributed by atoms with E-state index in [1.54, 1.807) is 18.6 Å². The second-order valence-electron chi connectivity index (χ2n) is 7.20. The van der Waals surface area contributed by atoms with Crippen LogP contribution in [0, 0.1) is 5.92 Å². The highest BCUT2D eigenvalue weighted by atomic mass is 35.5. The summed E-state index contributed by atoms with van der Waals surface area (Å²) in [6.07, 6.45) is 4.16. The molecule has 146 valence electrons. The SMILES string of the molecule is CC(=O)C(CC(C)C)NC(Cc1cncn1Cc1cccc(Cl)c1)C(=O)O. The number of nitrogens with zero attached hydrogens (tertiary/aromatic N) is 2. The smallest absolute Gasteiger partial charge is 0.321 e. The van der Waals surface area contributed by atoms with E-state index < -0.39 is 18.1 Å². The predicted octanol–water partition coefficient (Wildman–Crippen LogP) is 3.17. The molecule has 27 heavy (non-hydrogen) atoms. The van der Waals surface area contributed by atoms with Gasteiger partial charge in [-0.2, -0.15) is 0 Å². The third-order valence-electron chi connectivity index (χ3n) is 4.35. The highest BCUT2D eigenvalue weighted by Gasteiger charge is 2.26. The highest BCUT2D eigenvalue weighted by molar-refractivity contribution is 6.30. The van der Waals surface area contributed by atoms with E-state index in [9.17, 15) is 14.7 Å². The summed E-state index contributed by atoms with van der Waals surface area (Å²) in [5, 5.41) is 13.3. The first-order valence-electron chi connectivity index (χ1n) is 8.99. The molecule has 2 atom stereocenters. The topological polar surface area (TPSA) is 84.2 Å². The second kappa shape index (κ2) is 9.67. The molecule has 0 aliphatic carbocycles. The molecule has 1 heterocycles. The number of Topliss-reactive ketones (excluding diaryl/α,β-unsaturated/α-hetero) is 1. The molecule has 1 aromatic carbocycles. The summed E-state index contributed by atoms with van der Waals surface area (Å²) in [6.45, 7) is 6.05. The molecular weight excluding hydrogens is 366 g/mol. The molecule has 0 radical (unpaired) electrons. The van der Waals surface area contributed by atoms with Gasteiger partial charge in [-0.3, -0.25) is 14.9 Å². The molecule has 0 amide bonds. The Bertz CT molecular complexity index is 788. The molecule has 2 rings (SSSR count). The standard InChI is InChI=1S/C20H26ClN3O3/c1-13(2)7-18(14(3)25)23-19(20(26)27)9-17-10-22-12-24(17)11-15-5-4-6-16(21)8-15/h4-6,8,10,12-13,18-19,23H,7,9,11H2,1-3H3,(H,26,27). The van der Waals surface area contributed by atoms with Gasteiger partial charge in [0, 0.05) is 29.9 Å². The minimum Gasteiger partial charge on any atom is -0.480 e. The Kier molecular flexibility index (Phi) is 7.56. The van der Waals surface area contributed by atoms with E-state index in [0.717, 1.165) is 11.3 Å². The number of imidazole rings is 1. The normalized spacial score (nSPS) is 13.5. The summed E-state index contributed by atoms with van der Waals surface area (Å²) in [5.74, 6) is -0.753. The molecule has 2 N–H and O–H groups in total. The lowest BCUT2D eigenvalue weighted by atomic mass is 9.99. The van der Waals surface area contributed by atoms with Gasteiger partial charge < -0.3 is 9.67 Å².